The van der Waals surface area contributed by atoms with Gasteiger partial charge in [-0.2, -0.15) is 0 Å². The van der Waals surface area contributed by atoms with E-state index in [-0.39, 0.29) is 5.91 Å². The quantitative estimate of drug-likeness (QED) is 0.818. The molecule has 0 unspecified atom stereocenters. The van der Waals surface area contributed by atoms with Crippen LogP contribution in [0.1, 0.15) is 29.7 Å². The molecule has 0 spiro atoms. The highest BCUT2D eigenvalue weighted by atomic mass is 32.1. The summed E-state index contributed by atoms with van der Waals surface area (Å²) in [5.74, 6) is -1.24. The minimum absolute atomic E-state index is 0.235. The second kappa shape index (κ2) is 6.81. The number of carbonyl (C=O) groups is 2. The van der Waals surface area contributed by atoms with Crippen LogP contribution in [0.3, 0.4) is 0 Å². The van der Waals surface area contributed by atoms with Crippen molar-refractivity contribution in [1.29, 1.82) is 0 Å². The third-order valence-electron chi connectivity index (χ3n) is 3.18. The van der Waals surface area contributed by atoms with E-state index in [0.717, 1.165) is 11.4 Å². The monoisotopic (exact) mass is 298 g/mol. The maximum atomic E-state index is 11.8. The van der Waals surface area contributed by atoms with Crippen LogP contribution in [0.25, 0.3) is 0 Å². The maximum Gasteiger partial charge on any atom is 0.332 e. The van der Waals surface area contributed by atoms with E-state index in [9.17, 15) is 9.59 Å². The van der Waals surface area contributed by atoms with Crippen molar-refractivity contribution in [2.75, 3.05) is 6.54 Å². The number of aryl methyl sites for hydroxylation is 1. The molecule has 1 fully saturated rings. The van der Waals surface area contributed by atoms with Crippen molar-refractivity contribution in [2.45, 2.75) is 44.8 Å². The van der Waals surface area contributed by atoms with Gasteiger partial charge in [0.25, 0.3) is 0 Å². The van der Waals surface area contributed by atoms with Crippen molar-refractivity contribution in [1.82, 2.24) is 10.3 Å². The topological polar surface area (TPSA) is 88.5 Å². The van der Waals surface area contributed by atoms with Crippen LogP contribution in [-0.2, 0) is 27.2 Å². The second-order valence-electron chi connectivity index (χ2n) is 4.64. The normalized spacial score (nSPS) is 21.9. The zero-order valence-electron chi connectivity index (χ0n) is 11.3. The van der Waals surface area contributed by atoms with Gasteiger partial charge < -0.3 is 15.2 Å². The van der Waals surface area contributed by atoms with Crippen molar-refractivity contribution in [2.24, 2.45) is 0 Å². The van der Waals surface area contributed by atoms with Gasteiger partial charge in [0.2, 0.25) is 5.91 Å². The summed E-state index contributed by atoms with van der Waals surface area (Å²) in [6.45, 7) is 2.57. The first kappa shape index (κ1) is 14.9. The Labute approximate surface area is 121 Å². The van der Waals surface area contributed by atoms with E-state index in [1.54, 1.807) is 11.3 Å². The summed E-state index contributed by atoms with van der Waals surface area (Å²) in [6, 6.07) is 0. The lowest BCUT2D eigenvalue weighted by Gasteiger charge is -2.11. The molecule has 1 aromatic heterocycles. The summed E-state index contributed by atoms with van der Waals surface area (Å²) in [5.41, 5.74) is 0. The van der Waals surface area contributed by atoms with Gasteiger partial charge in [-0.15, -0.1) is 11.3 Å². The Hall–Kier alpha value is -1.47. The van der Waals surface area contributed by atoms with Crippen LogP contribution in [0.2, 0.25) is 0 Å². The number of carboxylic acid groups (broad SMARTS) is 1. The molecule has 1 aliphatic rings. The predicted molar refractivity (Wildman–Crippen MR) is 73.7 cm³/mol. The molecule has 1 aliphatic heterocycles. The van der Waals surface area contributed by atoms with E-state index in [4.69, 9.17) is 9.84 Å². The highest BCUT2D eigenvalue weighted by Crippen LogP contribution is 2.20. The number of hydrogen-bond acceptors (Lipinski definition) is 5. The SMILES string of the molecule is CCc1cnc(CCNC(=O)[C@@H]2CC[C@H](C(=O)O)O2)s1. The fraction of sp³-hybridized carbons (Fsp3) is 0.615. The molecular weight excluding hydrogens is 280 g/mol. The highest BCUT2D eigenvalue weighted by molar-refractivity contribution is 7.11. The van der Waals surface area contributed by atoms with Gasteiger partial charge in [0, 0.05) is 24.0 Å². The van der Waals surface area contributed by atoms with Gasteiger partial charge in [0.05, 0.1) is 5.01 Å². The smallest absolute Gasteiger partial charge is 0.332 e. The molecule has 1 amide bonds. The predicted octanol–water partition coefficient (Wildman–Crippen LogP) is 0.996. The fourth-order valence-corrected chi connectivity index (χ4v) is 2.91. The van der Waals surface area contributed by atoms with Gasteiger partial charge in [-0.25, -0.2) is 9.78 Å². The third kappa shape index (κ3) is 3.77. The number of carbonyl (C=O) groups excluding carboxylic acids is 1. The van der Waals surface area contributed by atoms with Gasteiger partial charge >= 0.3 is 5.97 Å². The van der Waals surface area contributed by atoms with E-state index < -0.39 is 18.2 Å². The molecule has 0 radical (unpaired) electrons. The summed E-state index contributed by atoms with van der Waals surface area (Å²) >= 11 is 1.65. The Bertz CT molecular complexity index is 488. The molecule has 110 valence electrons. The zero-order valence-corrected chi connectivity index (χ0v) is 12.1. The summed E-state index contributed by atoms with van der Waals surface area (Å²) in [4.78, 5) is 28.1. The third-order valence-corrected chi connectivity index (χ3v) is 4.38. The molecule has 0 aromatic carbocycles. The van der Waals surface area contributed by atoms with Gasteiger partial charge in [0.15, 0.2) is 6.10 Å². The number of hydrogen-bond donors (Lipinski definition) is 2. The summed E-state index contributed by atoms with van der Waals surface area (Å²) in [5, 5.41) is 12.6. The molecule has 20 heavy (non-hydrogen) atoms. The molecule has 0 saturated carbocycles. The van der Waals surface area contributed by atoms with Crippen molar-refractivity contribution in [3.8, 4) is 0 Å². The van der Waals surface area contributed by atoms with Gasteiger partial charge in [-0.05, 0) is 19.3 Å². The lowest BCUT2D eigenvalue weighted by Crippen LogP contribution is -2.36. The first-order valence-corrected chi connectivity index (χ1v) is 7.51. The van der Waals surface area contributed by atoms with Gasteiger partial charge in [-0.1, -0.05) is 6.92 Å². The molecule has 6 nitrogen and oxygen atoms in total. The number of nitrogens with zero attached hydrogens (tertiary/aromatic N) is 1. The number of thiazole rings is 1. The number of aromatic nitrogens is 1. The summed E-state index contributed by atoms with van der Waals surface area (Å²) in [6.07, 6.45) is 2.87. The van der Waals surface area contributed by atoms with Crippen molar-refractivity contribution < 1.29 is 19.4 Å². The fourth-order valence-electron chi connectivity index (χ4n) is 2.05. The number of nitrogens with one attached hydrogen (secondary N) is 1. The largest absolute Gasteiger partial charge is 0.479 e. The minimum Gasteiger partial charge on any atom is -0.479 e. The average molecular weight is 298 g/mol. The minimum atomic E-state index is -1.00. The van der Waals surface area contributed by atoms with E-state index >= 15 is 0 Å². The second-order valence-corrected chi connectivity index (χ2v) is 5.84. The molecule has 2 heterocycles. The first-order chi connectivity index (χ1) is 9.60. The highest BCUT2D eigenvalue weighted by Gasteiger charge is 2.34. The Morgan fingerprint density at radius 3 is 2.85 bits per heavy atom. The van der Waals surface area contributed by atoms with E-state index in [1.807, 2.05) is 6.20 Å². The van der Waals surface area contributed by atoms with Crippen molar-refractivity contribution >= 4 is 23.2 Å². The molecule has 7 heteroatoms. The molecule has 1 aromatic rings. The first-order valence-electron chi connectivity index (χ1n) is 6.69. The molecule has 2 rings (SSSR count). The van der Waals surface area contributed by atoms with Crippen LogP contribution in [0.15, 0.2) is 6.20 Å². The summed E-state index contributed by atoms with van der Waals surface area (Å²) < 4.78 is 5.18. The standard InChI is InChI=1S/C13H18N2O4S/c1-2-8-7-15-11(20-8)5-6-14-12(16)9-3-4-10(19-9)13(17)18/h7,9-10H,2-6H2,1H3,(H,14,16)(H,17,18)/t9-,10+/m0/s1. The lowest BCUT2D eigenvalue weighted by atomic mass is 10.2. The number of aliphatic carboxylic acids is 1. The van der Waals surface area contributed by atoms with E-state index in [2.05, 4.69) is 17.2 Å². The number of rotatable bonds is 6. The molecule has 2 atom stereocenters. The molecular formula is C13H18N2O4S. The number of carboxylic acids is 1. The average Bonchev–Trinajstić information content (AvgIpc) is 3.07. The Morgan fingerprint density at radius 2 is 2.25 bits per heavy atom. The molecule has 0 aliphatic carbocycles. The van der Waals surface area contributed by atoms with E-state index in [1.165, 1.54) is 4.88 Å². The zero-order chi connectivity index (χ0) is 14.5. The number of amides is 1. The van der Waals surface area contributed by atoms with Crippen LogP contribution in [0.4, 0.5) is 0 Å². The Kier molecular flexibility index (Phi) is 5.08. The molecule has 1 saturated heterocycles. The van der Waals surface area contributed by atoms with Crippen LogP contribution in [0, 0.1) is 0 Å². The van der Waals surface area contributed by atoms with E-state index in [0.29, 0.717) is 25.8 Å². The number of ether oxygens (including phenoxy) is 1. The Balaban J connectivity index is 1.71. The molecule has 2 N–H and O–H groups in total. The van der Waals surface area contributed by atoms with Crippen LogP contribution in [0.5, 0.6) is 0 Å². The van der Waals surface area contributed by atoms with Crippen LogP contribution < -0.4 is 5.32 Å². The summed E-state index contributed by atoms with van der Waals surface area (Å²) in [7, 11) is 0. The van der Waals surface area contributed by atoms with Crippen molar-refractivity contribution in [3.05, 3.63) is 16.1 Å². The van der Waals surface area contributed by atoms with Crippen LogP contribution in [-0.4, -0.2) is 40.7 Å². The Morgan fingerprint density at radius 1 is 1.50 bits per heavy atom. The molecule has 0 bridgehead atoms. The van der Waals surface area contributed by atoms with Gasteiger partial charge in [-0.3, -0.25) is 4.79 Å². The van der Waals surface area contributed by atoms with Crippen LogP contribution >= 0.6 is 11.3 Å². The van der Waals surface area contributed by atoms with Crippen molar-refractivity contribution in [3.63, 3.8) is 0 Å². The lowest BCUT2D eigenvalue weighted by molar-refractivity contribution is -0.151. The van der Waals surface area contributed by atoms with Gasteiger partial charge in [0.1, 0.15) is 6.10 Å². The maximum absolute atomic E-state index is 11.8.